The Bertz CT molecular complexity index is 607. The first-order valence-corrected chi connectivity index (χ1v) is 6.81. The molecule has 0 fully saturated rings. The molecular formula is C11H13N3O3S. The molecule has 0 aliphatic heterocycles. The van der Waals surface area contributed by atoms with Crippen LogP contribution in [0.25, 0.3) is 0 Å². The van der Waals surface area contributed by atoms with Crippen molar-refractivity contribution in [1.29, 1.82) is 0 Å². The number of furan rings is 1. The summed E-state index contributed by atoms with van der Waals surface area (Å²) in [4.78, 5) is 3.99. The quantitative estimate of drug-likeness (QED) is 0.827. The molecule has 0 saturated heterocycles. The van der Waals surface area contributed by atoms with Gasteiger partial charge in [0.25, 0.3) is 10.0 Å². The van der Waals surface area contributed by atoms with Crippen molar-refractivity contribution < 1.29 is 12.8 Å². The van der Waals surface area contributed by atoms with Gasteiger partial charge in [-0.25, -0.2) is 13.6 Å². The Morgan fingerprint density at radius 3 is 2.72 bits per heavy atom. The van der Waals surface area contributed by atoms with Gasteiger partial charge in [-0.1, -0.05) is 6.07 Å². The van der Waals surface area contributed by atoms with E-state index in [0.717, 1.165) is 5.56 Å². The highest BCUT2D eigenvalue weighted by Crippen LogP contribution is 2.11. The van der Waals surface area contributed by atoms with Gasteiger partial charge in [0.1, 0.15) is 5.76 Å². The van der Waals surface area contributed by atoms with Gasteiger partial charge in [0.15, 0.2) is 0 Å². The van der Waals surface area contributed by atoms with Crippen molar-refractivity contribution in [3.8, 4) is 0 Å². The molecule has 0 spiro atoms. The molecule has 3 N–H and O–H groups in total. The number of hydrogen-bond donors (Lipinski definition) is 2. The molecule has 18 heavy (non-hydrogen) atoms. The lowest BCUT2D eigenvalue weighted by atomic mass is 10.3. The van der Waals surface area contributed by atoms with Crippen molar-refractivity contribution in [3.63, 3.8) is 0 Å². The number of hydrogen-bond acceptors (Lipinski definition) is 5. The predicted molar refractivity (Wildman–Crippen MR) is 64.9 cm³/mol. The smallest absolute Gasteiger partial charge is 0.271 e. The molecule has 0 saturated carbocycles. The molecule has 0 amide bonds. The van der Waals surface area contributed by atoms with Crippen LogP contribution in [0.1, 0.15) is 11.3 Å². The summed E-state index contributed by atoms with van der Waals surface area (Å²) in [5, 5.41) is 7.83. The Hall–Kier alpha value is -1.70. The fraction of sp³-hybridized carbons (Fsp3) is 0.182. The molecule has 0 bridgehead atoms. The summed E-state index contributed by atoms with van der Waals surface area (Å²) < 4.78 is 27.1. The van der Waals surface area contributed by atoms with Crippen molar-refractivity contribution in [2.24, 2.45) is 5.14 Å². The van der Waals surface area contributed by atoms with E-state index in [4.69, 9.17) is 9.56 Å². The molecule has 0 unspecified atom stereocenters. The first-order chi connectivity index (χ1) is 8.55. The van der Waals surface area contributed by atoms with Gasteiger partial charge in [-0.05, 0) is 23.8 Å². The van der Waals surface area contributed by atoms with Crippen LogP contribution in [0.5, 0.6) is 0 Å². The Labute approximate surface area is 105 Å². The van der Waals surface area contributed by atoms with Gasteiger partial charge in [-0.15, -0.1) is 0 Å². The highest BCUT2D eigenvalue weighted by atomic mass is 32.2. The SMILES string of the molecule is NS(=O)(=O)c1ccc(CNCc2cccnc2)o1. The molecule has 0 radical (unpaired) electrons. The van der Waals surface area contributed by atoms with Crippen LogP contribution in [0.15, 0.2) is 46.2 Å². The van der Waals surface area contributed by atoms with Gasteiger partial charge in [0.2, 0.25) is 5.09 Å². The van der Waals surface area contributed by atoms with E-state index in [9.17, 15) is 8.42 Å². The van der Waals surface area contributed by atoms with Gasteiger partial charge >= 0.3 is 0 Å². The summed E-state index contributed by atoms with van der Waals surface area (Å²) in [6.07, 6.45) is 3.46. The number of nitrogens with zero attached hydrogens (tertiary/aromatic N) is 1. The molecule has 96 valence electrons. The summed E-state index contributed by atoms with van der Waals surface area (Å²) >= 11 is 0. The Morgan fingerprint density at radius 1 is 1.28 bits per heavy atom. The monoisotopic (exact) mass is 267 g/mol. The zero-order valence-corrected chi connectivity index (χ0v) is 10.4. The summed E-state index contributed by atoms with van der Waals surface area (Å²) in [5.41, 5.74) is 1.04. The van der Waals surface area contributed by atoms with Crippen LogP contribution in [0.3, 0.4) is 0 Å². The third-order valence-corrected chi connectivity index (χ3v) is 3.05. The van der Waals surface area contributed by atoms with E-state index in [-0.39, 0.29) is 5.09 Å². The van der Waals surface area contributed by atoms with Crippen LogP contribution < -0.4 is 10.5 Å². The van der Waals surface area contributed by atoms with Crippen LogP contribution in [-0.2, 0) is 23.1 Å². The second kappa shape index (κ2) is 5.30. The topological polar surface area (TPSA) is 98.2 Å². The average molecular weight is 267 g/mol. The van der Waals surface area contributed by atoms with Crippen molar-refractivity contribution in [2.75, 3.05) is 0 Å². The fourth-order valence-corrected chi connectivity index (χ4v) is 1.92. The molecule has 0 atom stereocenters. The van der Waals surface area contributed by atoms with Gasteiger partial charge in [-0.3, -0.25) is 4.98 Å². The largest absolute Gasteiger partial charge is 0.447 e. The van der Waals surface area contributed by atoms with E-state index in [1.165, 1.54) is 6.07 Å². The molecule has 6 nitrogen and oxygen atoms in total. The second-order valence-corrected chi connectivity index (χ2v) is 5.22. The summed E-state index contributed by atoms with van der Waals surface area (Å²) in [5.74, 6) is 0.517. The number of rotatable bonds is 5. The third-order valence-electron chi connectivity index (χ3n) is 2.27. The number of pyridine rings is 1. The predicted octanol–water partition coefficient (Wildman–Crippen LogP) is 0.612. The maximum Gasteiger partial charge on any atom is 0.271 e. The number of sulfonamides is 1. The third kappa shape index (κ3) is 3.39. The first kappa shape index (κ1) is 12.7. The highest BCUT2D eigenvalue weighted by molar-refractivity contribution is 7.89. The fourth-order valence-electron chi connectivity index (χ4n) is 1.44. The summed E-state index contributed by atoms with van der Waals surface area (Å²) in [6.45, 7) is 1.05. The molecule has 2 aromatic heterocycles. The maximum atomic E-state index is 11.0. The molecule has 2 aromatic rings. The molecule has 2 rings (SSSR count). The summed E-state index contributed by atoms with van der Waals surface area (Å²) in [6, 6.07) is 6.72. The lowest BCUT2D eigenvalue weighted by Gasteiger charge is -2.02. The van der Waals surface area contributed by atoms with E-state index in [0.29, 0.717) is 18.8 Å². The highest BCUT2D eigenvalue weighted by Gasteiger charge is 2.12. The van der Waals surface area contributed by atoms with Gasteiger partial charge in [-0.2, -0.15) is 0 Å². The number of primary sulfonamides is 1. The molecule has 0 aliphatic rings. The van der Waals surface area contributed by atoms with Crippen molar-refractivity contribution in [2.45, 2.75) is 18.2 Å². The number of nitrogens with two attached hydrogens (primary N) is 1. The van der Waals surface area contributed by atoms with Crippen molar-refractivity contribution in [3.05, 3.63) is 48.0 Å². The van der Waals surface area contributed by atoms with E-state index >= 15 is 0 Å². The molecular weight excluding hydrogens is 254 g/mol. The van der Waals surface area contributed by atoms with Gasteiger partial charge < -0.3 is 9.73 Å². The Kier molecular flexibility index (Phi) is 3.75. The lowest BCUT2D eigenvalue weighted by molar-refractivity contribution is 0.402. The van der Waals surface area contributed by atoms with E-state index in [2.05, 4.69) is 10.3 Å². The van der Waals surface area contributed by atoms with Crippen LogP contribution in [0.4, 0.5) is 0 Å². The van der Waals surface area contributed by atoms with Gasteiger partial charge in [0, 0.05) is 18.9 Å². The van der Waals surface area contributed by atoms with Crippen molar-refractivity contribution in [1.82, 2.24) is 10.3 Å². The molecule has 0 aliphatic carbocycles. The molecule has 2 heterocycles. The minimum atomic E-state index is -3.76. The normalized spacial score (nSPS) is 11.6. The number of nitrogens with one attached hydrogen (secondary N) is 1. The van der Waals surface area contributed by atoms with E-state index < -0.39 is 10.0 Å². The van der Waals surface area contributed by atoms with Crippen molar-refractivity contribution >= 4 is 10.0 Å². The van der Waals surface area contributed by atoms with Crippen LogP contribution in [0.2, 0.25) is 0 Å². The minimum absolute atomic E-state index is 0.222. The second-order valence-electron chi connectivity index (χ2n) is 3.73. The van der Waals surface area contributed by atoms with Crippen LogP contribution in [-0.4, -0.2) is 13.4 Å². The molecule has 7 heteroatoms. The Morgan fingerprint density at radius 2 is 2.11 bits per heavy atom. The van der Waals surface area contributed by atoms with Crippen LogP contribution in [0, 0.1) is 0 Å². The molecule has 0 aromatic carbocycles. The zero-order chi connectivity index (χ0) is 13.0. The Balaban J connectivity index is 1.90. The standard InChI is InChI=1S/C11H13N3O3S/c12-18(15,16)11-4-3-10(17-11)8-14-7-9-2-1-5-13-6-9/h1-6,14H,7-8H2,(H2,12,15,16). The van der Waals surface area contributed by atoms with E-state index in [1.807, 2.05) is 12.1 Å². The number of aromatic nitrogens is 1. The summed E-state index contributed by atoms with van der Waals surface area (Å²) in [7, 11) is -3.76. The van der Waals surface area contributed by atoms with Gasteiger partial charge in [0.05, 0.1) is 6.54 Å². The van der Waals surface area contributed by atoms with E-state index in [1.54, 1.807) is 18.5 Å². The maximum absolute atomic E-state index is 11.0. The minimum Gasteiger partial charge on any atom is -0.447 e. The first-order valence-electron chi connectivity index (χ1n) is 5.27. The van der Waals surface area contributed by atoms with Crippen LogP contribution >= 0.6 is 0 Å². The zero-order valence-electron chi connectivity index (χ0n) is 9.54. The lowest BCUT2D eigenvalue weighted by Crippen LogP contribution is -2.13. The average Bonchev–Trinajstić information content (AvgIpc) is 2.79.